The average molecular weight is 274 g/mol. The number of allylic oxidation sites excluding steroid dienone is 4. The molecule has 3 aliphatic carbocycles. The lowest BCUT2D eigenvalue weighted by atomic mass is 9.50. The van der Waals surface area contributed by atoms with E-state index in [1.54, 1.807) is 11.1 Å². The molecule has 20 heavy (non-hydrogen) atoms. The highest BCUT2D eigenvalue weighted by Crippen LogP contribution is 2.59. The first-order valence-electron chi connectivity index (χ1n) is 8.47. The molecule has 0 saturated heterocycles. The quantitative estimate of drug-likeness (QED) is 0.723. The zero-order valence-corrected chi connectivity index (χ0v) is 13.6. The van der Waals surface area contributed by atoms with Crippen molar-refractivity contribution in [2.45, 2.75) is 71.8 Å². The maximum atomic E-state index is 10.8. The standard InChI is InChI=1S/C19H30O/c1-13(2)14-6-8-16-15(12-14)7-9-17-18(16,3)10-5-11-19(17,4)20/h7,12-13,16-17,20H,5-6,8-11H2,1-4H3/t16-,17+,18+,19-/m0/s1. The van der Waals surface area contributed by atoms with Crippen molar-refractivity contribution in [2.24, 2.45) is 23.2 Å². The summed E-state index contributed by atoms with van der Waals surface area (Å²) in [6.45, 7) is 9.15. The molecule has 0 bridgehead atoms. The van der Waals surface area contributed by atoms with Gasteiger partial charge in [0.25, 0.3) is 0 Å². The van der Waals surface area contributed by atoms with E-state index in [0.717, 1.165) is 12.8 Å². The summed E-state index contributed by atoms with van der Waals surface area (Å²) < 4.78 is 0. The van der Waals surface area contributed by atoms with Crippen LogP contribution in [0.25, 0.3) is 0 Å². The van der Waals surface area contributed by atoms with Crippen LogP contribution >= 0.6 is 0 Å². The Morgan fingerprint density at radius 1 is 1.25 bits per heavy atom. The molecule has 0 aromatic heterocycles. The Morgan fingerprint density at radius 2 is 2.00 bits per heavy atom. The second kappa shape index (κ2) is 4.73. The second-order valence-electron chi connectivity index (χ2n) is 8.17. The molecular weight excluding hydrogens is 244 g/mol. The third-order valence-electron chi connectivity index (χ3n) is 6.55. The van der Waals surface area contributed by atoms with E-state index in [2.05, 4.69) is 39.8 Å². The fourth-order valence-corrected chi connectivity index (χ4v) is 5.31. The van der Waals surface area contributed by atoms with Crippen LogP contribution in [-0.2, 0) is 0 Å². The second-order valence-corrected chi connectivity index (χ2v) is 8.17. The minimum absolute atomic E-state index is 0.310. The molecule has 1 N–H and O–H groups in total. The Balaban J connectivity index is 1.97. The van der Waals surface area contributed by atoms with Crippen LogP contribution in [0, 0.1) is 23.2 Å². The Bertz CT molecular complexity index is 454. The third-order valence-corrected chi connectivity index (χ3v) is 6.55. The van der Waals surface area contributed by atoms with Crippen LogP contribution in [0.15, 0.2) is 23.3 Å². The normalized spacial score (nSPS) is 44.5. The van der Waals surface area contributed by atoms with Crippen molar-refractivity contribution < 1.29 is 5.11 Å². The molecule has 0 aliphatic heterocycles. The molecule has 4 atom stereocenters. The predicted octanol–water partition coefficient (Wildman–Crippen LogP) is 4.87. The summed E-state index contributed by atoms with van der Waals surface area (Å²) >= 11 is 0. The van der Waals surface area contributed by atoms with E-state index < -0.39 is 5.60 Å². The maximum absolute atomic E-state index is 10.8. The Kier molecular flexibility index (Phi) is 3.40. The van der Waals surface area contributed by atoms with Gasteiger partial charge in [0.05, 0.1) is 5.60 Å². The van der Waals surface area contributed by atoms with Gasteiger partial charge >= 0.3 is 0 Å². The van der Waals surface area contributed by atoms with Crippen molar-refractivity contribution >= 4 is 0 Å². The van der Waals surface area contributed by atoms with Gasteiger partial charge in [-0.05, 0) is 67.8 Å². The molecule has 112 valence electrons. The summed E-state index contributed by atoms with van der Waals surface area (Å²) in [5.41, 5.74) is 3.05. The highest BCUT2D eigenvalue weighted by molar-refractivity contribution is 5.35. The van der Waals surface area contributed by atoms with Gasteiger partial charge in [0.2, 0.25) is 0 Å². The van der Waals surface area contributed by atoms with E-state index in [1.165, 1.54) is 25.7 Å². The number of hydrogen-bond donors (Lipinski definition) is 1. The summed E-state index contributed by atoms with van der Waals surface area (Å²) in [5, 5.41) is 10.8. The molecule has 0 aromatic rings. The number of fused-ring (bicyclic) bond motifs is 3. The predicted molar refractivity (Wildman–Crippen MR) is 84.4 cm³/mol. The van der Waals surface area contributed by atoms with Crippen LogP contribution in [-0.4, -0.2) is 10.7 Å². The largest absolute Gasteiger partial charge is 0.390 e. The summed E-state index contributed by atoms with van der Waals surface area (Å²) in [4.78, 5) is 0. The molecule has 0 unspecified atom stereocenters. The van der Waals surface area contributed by atoms with Gasteiger partial charge in [-0.15, -0.1) is 0 Å². The SMILES string of the molecule is CC(C)C1=CC2=CC[C@@H]3[C@](C)(CCC[C@]3(C)O)[C@H]2CC1. The van der Waals surface area contributed by atoms with Gasteiger partial charge in [-0.2, -0.15) is 0 Å². The third kappa shape index (κ3) is 2.09. The van der Waals surface area contributed by atoms with Crippen molar-refractivity contribution in [1.29, 1.82) is 0 Å². The molecule has 1 nitrogen and oxygen atoms in total. The van der Waals surface area contributed by atoms with E-state index in [1.807, 2.05) is 0 Å². The number of hydrogen-bond acceptors (Lipinski definition) is 1. The van der Waals surface area contributed by atoms with Crippen LogP contribution in [0.3, 0.4) is 0 Å². The molecule has 0 amide bonds. The number of aliphatic hydroxyl groups is 1. The zero-order valence-electron chi connectivity index (χ0n) is 13.6. The molecule has 0 radical (unpaired) electrons. The molecule has 0 aromatic carbocycles. The highest BCUT2D eigenvalue weighted by atomic mass is 16.3. The van der Waals surface area contributed by atoms with Crippen molar-refractivity contribution in [2.75, 3.05) is 0 Å². The van der Waals surface area contributed by atoms with Crippen molar-refractivity contribution in [3.05, 3.63) is 23.3 Å². The van der Waals surface area contributed by atoms with Crippen LogP contribution in [0.2, 0.25) is 0 Å². The van der Waals surface area contributed by atoms with Crippen molar-refractivity contribution in [3.8, 4) is 0 Å². The van der Waals surface area contributed by atoms with Gasteiger partial charge in [-0.25, -0.2) is 0 Å². The van der Waals surface area contributed by atoms with Crippen LogP contribution in [0.4, 0.5) is 0 Å². The summed E-state index contributed by atoms with van der Waals surface area (Å²) in [7, 11) is 0. The average Bonchev–Trinajstić information content (AvgIpc) is 2.37. The molecule has 0 heterocycles. The van der Waals surface area contributed by atoms with E-state index in [4.69, 9.17) is 0 Å². The summed E-state index contributed by atoms with van der Waals surface area (Å²) in [6, 6.07) is 0. The van der Waals surface area contributed by atoms with Gasteiger partial charge in [0.15, 0.2) is 0 Å². The summed E-state index contributed by atoms with van der Waals surface area (Å²) in [6.07, 6.45) is 12.0. The lowest BCUT2D eigenvalue weighted by Crippen LogP contribution is -2.53. The van der Waals surface area contributed by atoms with Gasteiger partial charge in [-0.3, -0.25) is 0 Å². The topological polar surface area (TPSA) is 20.2 Å². The van der Waals surface area contributed by atoms with E-state index in [9.17, 15) is 5.11 Å². The minimum Gasteiger partial charge on any atom is -0.390 e. The molecular formula is C19H30O. The van der Waals surface area contributed by atoms with E-state index in [0.29, 0.717) is 23.2 Å². The Hall–Kier alpha value is -0.560. The lowest BCUT2D eigenvalue weighted by Gasteiger charge is -2.56. The molecule has 1 saturated carbocycles. The molecule has 3 rings (SSSR count). The molecule has 3 aliphatic rings. The van der Waals surface area contributed by atoms with Crippen molar-refractivity contribution in [1.82, 2.24) is 0 Å². The van der Waals surface area contributed by atoms with Gasteiger partial charge in [0, 0.05) is 0 Å². The fourth-order valence-electron chi connectivity index (χ4n) is 5.31. The molecule has 1 heteroatoms. The first-order chi connectivity index (χ1) is 9.34. The minimum atomic E-state index is -0.461. The zero-order chi connectivity index (χ0) is 14.5. The fraction of sp³-hybridized carbons (Fsp3) is 0.789. The van der Waals surface area contributed by atoms with Crippen LogP contribution in [0.5, 0.6) is 0 Å². The highest BCUT2D eigenvalue weighted by Gasteiger charge is 2.53. The first kappa shape index (κ1) is 14.4. The summed E-state index contributed by atoms with van der Waals surface area (Å²) in [5.74, 6) is 1.80. The molecule has 1 fully saturated rings. The van der Waals surface area contributed by atoms with Gasteiger partial charge in [0.1, 0.15) is 0 Å². The van der Waals surface area contributed by atoms with Crippen LogP contribution in [0.1, 0.15) is 66.2 Å². The smallest absolute Gasteiger partial charge is 0.0656 e. The van der Waals surface area contributed by atoms with Crippen LogP contribution < -0.4 is 0 Å². The van der Waals surface area contributed by atoms with Gasteiger partial charge < -0.3 is 5.11 Å². The lowest BCUT2D eigenvalue weighted by molar-refractivity contribution is -0.115. The molecule has 0 spiro atoms. The maximum Gasteiger partial charge on any atom is 0.0656 e. The monoisotopic (exact) mass is 274 g/mol. The Labute approximate surface area is 124 Å². The van der Waals surface area contributed by atoms with E-state index in [-0.39, 0.29) is 0 Å². The number of rotatable bonds is 1. The van der Waals surface area contributed by atoms with Gasteiger partial charge in [-0.1, -0.05) is 44.9 Å². The first-order valence-corrected chi connectivity index (χ1v) is 8.47. The Morgan fingerprint density at radius 3 is 2.70 bits per heavy atom. The van der Waals surface area contributed by atoms with Crippen molar-refractivity contribution in [3.63, 3.8) is 0 Å². The van der Waals surface area contributed by atoms with E-state index >= 15 is 0 Å².